The van der Waals surface area contributed by atoms with E-state index in [-0.39, 0.29) is 15.8 Å². The number of ether oxygens (including phenoxy) is 1. The van der Waals surface area contributed by atoms with Gasteiger partial charge < -0.3 is 14.5 Å². The molecule has 0 bridgehead atoms. The average molecular weight is 364 g/mol. The van der Waals surface area contributed by atoms with E-state index in [1.165, 1.54) is 25.3 Å². The minimum absolute atomic E-state index is 0.126. The predicted octanol–water partition coefficient (Wildman–Crippen LogP) is 4.92. The maximum atomic E-state index is 12.5. The van der Waals surface area contributed by atoms with Gasteiger partial charge in [0.1, 0.15) is 11.8 Å². The van der Waals surface area contributed by atoms with Crippen LogP contribution in [0.2, 0.25) is 10.0 Å². The van der Waals surface area contributed by atoms with Gasteiger partial charge in [0.15, 0.2) is 5.75 Å². The monoisotopic (exact) mass is 363 g/mol. The molecule has 0 saturated heterocycles. The van der Waals surface area contributed by atoms with Crippen molar-refractivity contribution < 1.29 is 18.7 Å². The summed E-state index contributed by atoms with van der Waals surface area (Å²) in [6.45, 7) is 1.25. The van der Waals surface area contributed by atoms with Crippen LogP contribution in [0, 0.1) is 0 Å². The second kappa shape index (κ2) is 6.55. The lowest BCUT2D eigenvalue weighted by molar-refractivity contribution is -0.131. The molecule has 1 amide bonds. The number of benzene rings is 2. The first-order valence-corrected chi connectivity index (χ1v) is 7.66. The van der Waals surface area contributed by atoms with E-state index in [1.807, 2.05) is 12.1 Å². The number of hydrogen-bond donors (Lipinski definition) is 1. The molecule has 122 valence electrons. The number of rotatable bonds is 3. The third-order valence-corrected chi connectivity index (χ3v) is 3.86. The number of nitrogens with one attached hydrogen (secondary N) is 1. The molecule has 1 aromatic heterocycles. The van der Waals surface area contributed by atoms with Crippen molar-refractivity contribution in [3.05, 3.63) is 58.3 Å². The molecule has 0 atom stereocenters. The molecule has 0 unspecified atom stereocenters. The Hall–Kier alpha value is -2.50. The summed E-state index contributed by atoms with van der Waals surface area (Å²) in [6.07, 6.45) is 1.38. The second-order valence-corrected chi connectivity index (χ2v) is 5.77. The minimum Gasteiger partial charge on any atom is -0.463 e. The van der Waals surface area contributed by atoms with Gasteiger partial charge >= 0.3 is 5.97 Å². The van der Waals surface area contributed by atoms with E-state index >= 15 is 0 Å². The van der Waals surface area contributed by atoms with E-state index in [1.54, 1.807) is 12.1 Å². The van der Waals surface area contributed by atoms with Crippen molar-refractivity contribution in [3.8, 4) is 5.75 Å². The Kier molecular flexibility index (Phi) is 4.46. The minimum atomic E-state index is -0.519. The van der Waals surface area contributed by atoms with Crippen molar-refractivity contribution in [2.45, 2.75) is 6.92 Å². The van der Waals surface area contributed by atoms with Gasteiger partial charge in [-0.15, -0.1) is 0 Å². The van der Waals surface area contributed by atoms with Crippen LogP contribution >= 0.6 is 23.2 Å². The summed E-state index contributed by atoms with van der Waals surface area (Å²) in [7, 11) is 0. The van der Waals surface area contributed by atoms with Crippen LogP contribution < -0.4 is 10.1 Å². The Morgan fingerprint density at radius 1 is 1.12 bits per heavy atom. The molecule has 5 nitrogen and oxygen atoms in total. The zero-order valence-electron chi connectivity index (χ0n) is 12.4. The van der Waals surface area contributed by atoms with Crippen molar-refractivity contribution >= 4 is 51.7 Å². The van der Waals surface area contributed by atoms with Crippen LogP contribution in [0.15, 0.2) is 47.1 Å². The molecule has 7 heteroatoms. The Labute approximate surface area is 147 Å². The first-order chi connectivity index (χ1) is 11.5. The van der Waals surface area contributed by atoms with Crippen molar-refractivity contribution in [3.63, 3.8) is 0 Å². The van der Waals surface area contributed by atoms with Crippen molar-refractivity contribution in [1.29, 1.82) is 0 Å². The number of amides is 1. The molecule has 24 heavy (non-hydrogen) atoms. The largest absolute Gasteiger partial charge is 0.463 e. The number of carbonyl (C=O) groups is 2. The number of halogens is 2. The second-order valence-electron chi connectivity index (χ2n) is 4.96. The number of carbonyl (C=O) groups excluding carboxylic acids is 2. The molecule has 0 spiro atoms. The fourth-order valence-electron chi connectivity index (χ4n) is 2.20. The highest BCUT2D eigenvalue weighted by Gasteiger charge is 2.16. The number of anilines is 1. The lowest BCUT2D eigenvalue weighted by atomic mass is 10.1. The Morgan fingerprint density at radius 3 is 2.62 bits per heavy atom. The predicted molar refractivity (Wildman–Crippen MR) is 91.9 cm³/mol. The molecule has 3 aromatic rings. The van der Waals surface area contributed by atoms with Gasteiger partial charge in [-0.1, -0.05) is 41.4 Å². The van der Waals surface area contributed by atoms with Gasteiger partial charge in [0.05, 0.1) is 21.3 Å². The van der Waals surface area contributed by atoms with Crippen LogP contribution in [0.1, 0.15) is 17.3 Å². The van der Waals surface area contributed by atoms with E-state index in [9.17, 15) is 9.59 Å². The highest BCUT2D eigenvalue weighted by Crippen LogP contribution is 2.35. The highest BCUT2D eigenvalue weighted by molar-refractivity contribution is 6.37. The Balaban J connectivity index is 1.89. The SMILES string of the molecule is CC(=O)Oc1cc(Cl)c(NC(=O)c2coc3ccccc23)cc1Cl. The van der Waals surface area contributed by atoms with Crippen LogP contribution in [0.3, 0.4) is 0 Å². The molecule has 0 saturated carbocycles. The molecule has 0 aliphatic heterocycles. The van der Waals surface area contributed by atoms with Crippen LogP contribution in [-0.2, 0) is 4.79 Å². The van der Waals surface area contributed by atoms with Gasteiger partial charge in [0.2, 0.25) is 0 Å². The van der Waals surface area contributed by atoms with Crippen molar-refractivity contribution in [2.75, 3.05) is 5.32 Å². The third-order valence-electron chi connectivity index (χ3n) is 3.25. The Morgan fingerprint density at radius 2 is 1.88 bits per heavy atom. The van der Waals surface area contributed by atoms with Gasteiger partial charge in [-0.3, -0.25) is 9.59 Å². The summed E-state index contributed by atoms with van der Waals surface area (Å²) in [5.41, 5.74) is 1.28. The summed E-state index contributed by atoms with van der Waals surface area (Å²) in [6, 6.07) is 9.97. The van der Waals surface area contributed by atoms with Gasteiger partial charge in [0.25, 0.3) is 5.91 Å². The van der Waals surface area contributed by atoms with E-state index in [4.69, 9.17) is 32.4 Å². The molecular formula is C17H11Cl2NO4. The standard InChI is InChI=1S/C17H11Cl2NO4/c1-9(21)24-16-7-12(18)14(6-13(16)19)20-17(22)11-8-23-15-5-3-2-4-10(11)15/h2-8H,1H3,(H,20,22). The fourth-order valence-corrected chi connectivity index (χ4v) is 2.60. The molecule has 1 heterocycles. The van der Waals surface area contributed by atoms with Gasteiger partial charge in [-0.2, -0.15) is 0 Å². The molecule has 2 aromatic carbocycles. The van der Waals surface area contributed by atoms with E-state index in [0.29, 0.717) is 22.2 Å². The molecule has 0 aliphatic carbocycles. The average Bonchev–Trinajstić information content (AvgIpc) is 2.95. The first-order valence-electron chi connectivity index (χ1n) is 6.91. The molecule has 0 radical (unpaired) electrons. The highest BCUT2D eigenvalue weighted by atomic mass is 35.5. The number of esters is 1. The van der Waals surface area contributed by atoms with Gasteiger partial charge in [-0.25, -0.2) is 0 Å². The van der Waals surface area contributed by atoms with Crippen LogP contribution in [0.5, 0.6) is 5.75 Å². The maximum absolute atomic E-state index is 12.5. The lowest BCUT2D eigenvalue weighted by Crippen LogP contribution is -2.12. The molecular weight excluding hydrogens is 353 g/mol. The van der Waals surface area contributed by atoms with Crippen molar-refractivity contribution in [1.82, 2.24) is 0 Å². The fraction of sp³-hybridized carbons (Fsp3) is 0.0588. The van der Waals surface area contributed by atoms with E-state index < -0.39 is 11.9 Å². The summed E-state index contributed by atoms with van der Waals surface area (Å²) in [4.78, 5) is 23.5. The summed E-state index contributed by atoms with van der Waals surface area (Å²) in [5, 5.41) is 3.71. The molecule has 3 rings (SSSR count). The molecule has 0 aliphatic rings. The van der Waals surface area contributed by atoms with Crippen LogP contribution in [-0.4, -0.2) is 11.9 Å². The zero-order chi connectivity index (χ0) is 17.3. The lowest BCUT2D eigenvalue weighted by Gasteiger charge is -2.10. The van der Waals surface area contributed by atoms with Crippen molar-refractivity contribution in [2.24, 2.45) is 0 Å². The summed E-state index contributed by atoms with van der Waals surface area (Å²) in [5.74, 6) is -0.784. The quantitative estimate of drug-likeness (QED) is 0.529. The van der Waals surface area contributed by atoms with Gasteiger partial charge in [-0.05, 0) is 12.1 Å². The summed E-state index contributed by atoms with van der Waals surface area (Å²) < 4.78 is 10.3. The Bertz CT molecular complexity index is 949. The topological polar surface area (TPSA) is 68.5 Å². The number of fused-ring (bicyclic) bond motifs is 1. The van der Waals surface area contributed by atoms with Crippen LogP contribution in [0.4, 0.5) is 5.69 Å². The van der Waals surface area contributed by atoms with Crippen LogP contribution in [0.25, 0.3) is 11.0 Å². The third kappa shape index (κ3) is 3.22. The maximum Gasteiger partial charge on any atom is 0.308 e. The number of hydrogen-bond acceptors (Lipinski definition) is 4. The van der Waals surface area contributed by atoms with E-state index in [2.05, 4.69) is 5.32 Å². The normalized spacial score (nSPS) is 10.6. The smallest absolute Gasteiger partial charge is 0.308 e. The first kappa shape index (κ1) is 16.4. The number of furan rings is 1. The van der Waals surface area contributed by atoms with E-state index in [0.717, 1.165) is 0 Å². The molecule has 0 fully saturated rings. The van der Waals surface area contributed by atoms with Gasteiger partial charge in [0, 0.05) is 18.4 Å². The summed E-state index contributed by atoms with van der Waals surface area (Å²) >= 11 is 12.2. The molecule has 1 N–H and O–H groups in total. The zero-order valence-corrected chi connectivity index (χ0v) is 13.9. The number of para-hydroxylation sites is 1.